The van der Waals surface area contributed by atoms with Gasteiger partial charge in [-0.2, -0.15) is 0 Å². The average molecular weight is 334 g/mol. The van der Waals surface area contributed by atoms with Crippen LogP contribution in [0, 0.1) is 13.8 Å². The third-order valence-electron chi connectivity index (χ3n) is 3.56. The quantitative estimate of drug-likeness (QED) is 0.656. The van der Waals surface area contributed by atoms with E-state index in [0.29, 0.717) is 24.0 Å². The van der Waals surface area contributed by atoms with E-state index in [-0.39, 0.29) is 17.8 Å². The normalized spacial score (nSPS) is 17.3. The lowest BCUT2D eigenvalue weighted by atomic mass is 10.1. The second-order valence-corrected chi connectivity index (χ2v) is 6.56. The summed E-state index contributed by atoms with van der Waals surface area (Å²) in [7, 11) is 0. The monoisotopic (exact) mass is 334 g/mol. The Hall–Kier alpha value is -2.22. The number of hydrogen-bond acceptors (Lipinski definition) is 7. The molecule has 8 heteroatoms. The van der Waals surface area contributed by atoms with Crippen LogP contribution in [-0.2, 0) is 16.1 Å². The number of ether oxygens (including phenoxy) is 2. The molecule has 0 unspecified atom stereocenters. The van der Waals surface area contributed by atoms with Crippen molar-refractivity contribution in [2.45, 2.75) is 37.3 Å². The highest BCUT2D eigenvalue weighted by Gasteiger charge is 2.29. The van der Waals surface area contributed by atoms with Crippen molar-refractivity contribution in [3.05, 3.63) is 35.2 Å². The Morgan fingerprint density at radius 2 is 2.26 bits per heavy atom. The van der Waals surface area contributed by atoms with Crippen molar-refractivity contribution in [2.75, 3.05) is 12.4 Å². The van der Waals surface area contributed by atoms with Gasteiger partial charge in [-0.25, -0.2) is 4.68 Å². The maximum atomic E-state index is 11.5. The molecule has 7 nitrogen and oxygen atoms in total. The molecule has 1 fully saturated rings. The van der Waals surface area contributed by atoms with Crippen LogP contribution in [0.5, 0.6) is 5.75 Å². The summed E-state index contributed by atoms with van der Waals surface area (Å²) >= 11 is 1.27. The van der Waals surface area contributed by atoms with Crippen molar-refractivity contribution in [2.24, 2.45) is 0 Å². The fourth-order valence-electron chi connectivity index (χ4n) is 2.30. The summed E-state index contributed by atoms with van der Waals surface area (Å²) in [6.07, 6.45) is 0.657. The summed E-state index contributed by atoms with van der Waals surface area (Å²) in [6, 6.07) is 5.96. The van der Waals surface area contributed by atoms with Crippen molar-refractivity contribution in [1.82, 2.24) is 14.9 Å². The lowest BCUT2D eigenvalue weighted by Crippen LogP contribution is -2.18. The number of aryl methyl sites for hydroxylation is 2. The van der Waals surface area contributed by atoms with E-state index in [2.05, 4.69) is 16.3 Å². The molecular weight excluding hydrogens is 316 g/mol. The molecule has 0 aliphatic carbocycles. The molecule has 2 aromatic rings. The number of thioether (sulfide) groups is 1. The van der Waals surface area contributed by atoms with Crippen molar-refractivity contribution in [3.63, 3.8) is 0 Å². The molecule has 1 atom stereocenters. The molecule has 1 aliphatic heterocycles. The average Bonchev–Trinajstić information content (AvgIpc) is 3.07. The smallest absolute Gasteiger partial charge is 0.319 e. The van der Waals surface area contributed by atoms with Crippen LogP contribution < -0.4 is 10.6 Å². The number of rotatable bonds is 5. The Morgan fingerprint density at radius 3 is 2.96 bits per heavy atom. The van der Waals surface area contributed by atoms with Gasteiger partial charge in [-0.3, -0.25) is 4.79 Å². The number of nitrogens with zero attached hydrogens (tertiary/aromatic N) is 3. The van der Waals surface area contributed by atoms with Crippen LogP contribution in [0.4, 0.5) is 0 Å². The zero-order valence-electron chi connectivity index (χ0n) is 13.0. The second kappa shape index (κ2) is 6.49. The molecule has 0 spiro atoms. The summed E-state index contributed by atoms with van der Waals surface area (Å²) in [5.74, 6) is 7.04. The van der Waals surface area contributed by atoms with E-state index in [1.165, 1.54) is 22.0 Å². The highest BCUT2D eigenvalue weighted by Crippen LogP contribution is 2.28. The first kappa shape index (κ1) is 15.7. The van der Waals surface area contributed by atoms with Gasteiger partial charge in [0.15, 0.2) is 5.82 Å². The number of nitrogens with two attached hydrogens (primary N) is 1. The third-order valence-corrected chi connectivity index (χ3v) is 4.76. The molecule has 1 aromatic carbocycles. The van der Waals surface area contributed by atoms with Crippen LogP contribution in [0.15, 0.2) is 23.4 Å². The van der Waals surface area contributed by atoms with Gasteiger partial charge in [-0.05, 0) is 25.5 Å². The minimum atomic E-state index is -0.269. The predicted molar refractivity (Wildman–Crippen MR) is 85.6 cm³/mol. The fraction of sp³-hybridized carbons (Fsp3) is 0.400. The summed E-state index contributed by atoms with van der Waals surface area (Å²) < 4.78 is 12.0. The predicted octanol–water partition coefficient (Wildman–Crippen LogP) is 1.60. The molecule has 1 saturated heterocycles. The van der Waals surface area contributed by atoms with E-state index in [9.17, 15) is 4.79 Å². The van der Waals surface area contributed by atoms with E-state index in [1.807, 2.05) is 26.0 Å². The van der Waals surface area contributed by atoms with Crippen LogP contribution in [0.2, 0.25) is 0 Å². The maximum absolute atomic E-state index is 11.5. The molecule has 23 heavy (non-hydrogen) atoms. The number of esters is 1. The van der Waals surface area contributed by atoms with E-state index >= 15 is 0 Å². The summed E-state index contributed by atoms with van der Waals surface area (Å²) in [4.78, 5) is 11.5. The Labute approximate surface area is 138 Å². The first-order chi connectivity index (χ1) is 11.0. The molecule has 1 aliphatic rings. The zero-order valence-corrected chi connectivity index (χ0v) is 13.8. The lowest BCUT2D eigenvalue weighted by Gasteiger charge is -2.09. The Bertz CT molecular complexity index is 732. The van der Waals surface area contributed by atoms with Crippen LogP contribution in [0.1, 0.15) is 23.4 Å². The number of nitrogen functional groups attached to an aromatic ring is 1. The molecule has 0 saturated carbocycles. The van der Waals surface area contributed by atoms with Gasteiger partial charge in [0, 0.05) is 6.42 Å². The maximum Gasteiger partial charge on any atom is 0.319 e. The highest BCUT2D eigenvalue weighted by molar-refractivity contribution is 8.00. The van der Waals surface area contributed by atoms with E-state index in [4.69, 9.17) is 15.3 Å². The van der Waals surface area contributed by atoms with Crippen LogP contribution in [0.25, 0.3) is 0 Å². The van der Waals surface area contributed by atoms with E-state index < -0.39 is 0 Å². The van der Waals surface area contributed by atoms with Crippen molar-refractivity contribution in [1.29, 1.82) is 0 Å². The molecule has 1 aromatic heterocycles. The van der Waals surface area contributed by atoms with Gasteiger partial charge >= 0.3 is 5.97 Å². The van der Waals surface area contributed by atoms with Gasteiger partial charge in [0.2, 0.25) is 5.16 Å². The van der Waals surface area contributed by atoms with Crippen LogP contribution in [-0.4, -0.2) is 32.7 Å². The minimum Gasteiger partial charge on any atom is -0.485 e. The number of carbonyl (C=O) groups excluding carboxylic acids is 1. The first-order valence-corrected chi connectivity index (χ1v) is 8.15. The summed E-state index contributed by atoms with van der Waals surface area (Å²) in [6.45, 7) is 4.67. The Morgan fingerprint density at radius 1 is 1.43 bits per heavy atom. The molecule has 0 radical (unpaired) electrons. The topological polar surface area (TPSA) is 92.3 Å². The number of hydrogen-bond donors (Lipinski definition) is 1. The standard InChI is InChI=1S/C15H18N4O3S/c1-9-3-4-11(10(2)7-9)22-8-13-17-18-15(19(13)16)23-12-5-6-21-14(12)20/h3-4,7,12H,5-6,8,16H2,1-2H3/t12-/m1/s1. The number of carbonyl (C=O) groups is 1. The lowest BCUT2D eigenvalue weighted by molar-refractivity contribution is -0.137. The molecular formula is C15H18N4O3S. The molecule has 122 valence electrons. The van der Waals surface area contributed by atoms with Gasteiger partial charge in [0.25, 0.3) is 0 Å². The van der Waals surface area contributed by atoms with Gasteiger partial charge in [0.1, 0.15) is 17.6 Å². The Balaban J connectivity index is 1.66. The summed E-state index contributed by atoms with van der Waals surface area (Å²) in [5, 5.41) is 8.27. The molecule has 0 amide bonds. The van der Waals surface area contributed by atoms with Gasteiger partial charge in [-0.15, -0.1) is 10.2 Å². The largest absolute Gasteiger partial charge is 0.485 e. The number of cyclic esters (lactones) is 1. The van der Waals surface area contributed by atoms with Crippen molar-refractivity contribution in [3.8, 4) is 5.75 Å². The van der Waals surface area contributed by atoms with Gasteiger partial charge in [0.05, 0.1) is 6.61 Å². The SMILES string of the molecule is Cc1ccc(OCc2nnc(S[C@@H]3CCOC3=O)n2N)c(C)c1. The van der Waals surface area contributed by atoms with E-state index in [1.54, 1.807) is 0 Å². The van der Waals surface area contributed by atoms with Crippen LogP contribution >= 0.6 is 11.8 Å². The first-order valence-electron chi connectivity index (χ1n) is 7.27. The molecule has 0 bridgehead atoms. The van der Waals surface area contributed by atoms with Crippen molar-refractivity contribution >= 4 is 17.7 Å². The Kier molecular flexibility index (Phi) is 4.42. The van der Waals surface area contributed by atoms with Crippen molar-refractivity contribution < 1.29 is 14.3 Å². The summed E-state index contributed by atoms with van der Waals surface area (Å²) in [5.41, 5.74) is 2.23. The second-order valence-electron chi connectivity index (χ2n) is 5.39. The van der Waals surface area contributed by atoms with Gasteiger partial charge in [-0.1, -0.05) is 29.5 Å². The highest BCUT2D eigenvalue weighted by atomic mass is 32.2. The number of aromatic nitrogens is 3. The zero-order chi connectivity index (χ0) is 16.4. The number of benzene rings is 1. The molecule has 2 heterocycles. The molecule has 2 N–H and O–H groups in total. The van der Waals surface area contributed by atoms with Gasteiger partial charge < -0.3 is 15.3 Å². The van der Waals surface area contributed by atoms with E-state index in [0.717, 1.165) is 11.3 Å². The molecule has 3 rings (SSSR count). The van der Waals surface area contributed by atoms with Crippen LogP contribution in [0.3, 0.4) is 0 Å². The third kappa shape index (κ3) is 3.42. The minimum absolute atomic E-state index is 0.211. The fourth-order valence-corrected chi connectivity index (χ4v) is 3.24.